The number of carboxylic acid groups (broad SMARTS) is 1. The van der Waals surface area contributed by atoms with Gasteiger partial charge in [-0.25, -0.2) is 0 Å². The molecular weight excluding hydrogens is 296 g/mol. The molecule has 2 aromatic rings. The van der Waals surface area contributed by atoms with Gasteiger partial charge in [0, 0.05) is 6.42 Å². The van der Waals surface area contributed by atoms with E-state index in [1.807, 2.05) is 6.07 Å². The summed E-state index contributed by atoms with van der Waals surface area (Å²) in [6, 6.07) is 14.2. The van der Waals surface area contributed by atoms with Crippen LogP contribution in [0.15, 0.2) is 48.5 Å². The van der Waals surface area contributed by atoms with Crippen molar-refractivity contribution in [1.29, 1.82) is 0 Å². The number of carbonyl (C=O) groups is 2. The number of para-hydroxylation sites is 1. The second-order valence-electron chi connectivity index (χ2n) is 4.94. The molecule has 5 nitrogen and oxygen atoms in total. The van der Waals surface area contributed by atoms with Gasteiger partial charge in [-0.05, 0) is 29.8 Å². The van der Waals surface area contributed by atoms with Crippen molar-refractivity contribution in [1.82, 2.24) is 0 Å². The predicted octanol–water partition coefficient (Wildman–Crippen LogP) is 2.97. The summed E-state index contributed by atoms with van der Waals surface area (Å²) in [7, 11) is 1.54. The minimum absolute atomic E-state index is 0.0259. The highest BCUT2D eigenvalue weighted by Crippen LogP contribution is 2.20. The number of carboxylic acids is 1. The monoisotopic (exact) mass is 314 g/mol. The molecule has 0 amide bonds. The Morgan fingerprint density at radius 2 is 1.74 bits per heavy atom. The van der Waals surface area contributed by atoms with Gasteiger partial charge in [0.2, 0.25) is 0 Å². The van der Waals surface area contributed by atoms with E-state index in [4.69, 9.17) is 14.6 Å². The van der Waals surface area contributed by atoms with E-state index in [0.29, 0.717) is 17.1 Å². The van der Waals surface area contributed by atoms with Crippen LogP contribution in [0.3, 0.4) is 0 Å². The van der Waals surface area contributed by atoms with Gasteiger partial charge in [0.25, 0.3) is 0 Å². The number of carbonyl (C=O) groups excluding carboxylic acids is 1. The molecule has 1 N–H and O–H groups in total. The molecule has 0 atom stereocenters. The highest BCUT2D eigenvalue weighted by molar-refractivity contribution is 5.99. The van der Waals surface area contributed by atoms with E-state index in [9.17, 15) is 9.59 Å². The van der Waals surface area contributed by atoms with Crippen molar-refractivity contribution < 1.29 is 24.2 Å². The third kappa shape index (κ3) is 4.85. The Labute approximate surface area is 134 Å². The molecule has 0 bridgehead atoms. The maximum absolute atomic E-state index is 12.3. The van der Waals surface area contributed by atoms with Gasteiger partial charge in [0.1, 0.15) is 11.5 Å². The summed E-state index contributed by atoms with van der Waals surface area (Å²) in [6.07, 6.45) is 0.212. The van der Waals surface area contributed by atoms with Crippen LogP contribution in [0.25, 0.3) is 0 Å². The van der Waals surface area contributed by atoms with Crippen LogP contribution in [0.1, 0.15) is 22.3 Å². The van der Waals surface area contributed by atoms with Crippen LogP contribution in [0.5, 0.6) is 11.5 Å². The molecular formula is C18H18O5. The Hall–Kier alpha value is -2.82. The molecule has 0 saturated carbocycles. The van der Waals surface area contributed by atoms with E-state index in [0.717, 1.165) is 5.56 Å². The summed E-state index contributed by atoms with van der Waals surface area (Å²) in [6.45, 7) is 0.120. The fourth-order valence-corrected chi connectivity index (χ4v) is 2.12. The summed E-state index contributed by atoms with van der Waals surface area (Å²) < 4.78 is 10.5. The number of aliphatic carboxylic acids is 1. The Morgan fingerprint density at radius 3 is 2.39 bits per heavy atom. The molecule has 5 heteroatoms. The first-order valence-corrected chi connectivity index (χ1v) is 7.20. The SMILES string of the molecule is COc1ccccc1C(=O)Cc1ccc(OCCC(=O)O)cc1. The molecule has 23 heavy (non-hydrogen) atoms. The molecule has 2 rings (SSSR count). The Bertz CT molecular complexity index is 676. The zero-order chi connectivity index (χ0) is 16.7. The standard InChI is InChI=1S/C18H18O5/c1-22-17-5-3-2-4-15(17)16(19)12-13-6-8-14(9-7-13)23-11-10-18(20)21/h2-9H,10-12H2,1H3,(H,20,21). The summed E-state index contributed by atoms with van der Waals surface area (Å²) in [5, 5.41) is 8.56. The summed E-state index contributed by atoms with van der Waals surface area (Å²) in [5.41, 5.74) is 1.41. The van der Waals surface area contributed by atoms with Gasteiger partial charge in [0.15, 0.2) is 5.78 Å². The quantitative estimate of drug-likeness (QED) is 0.758. The van der Waals surface area contributed by atoms with Crippen molar-refractivity contribution in [2.45, 2.75) is 12.8 Å². The van der Waals surface area contributed by atoms with E-state index in [1.54, 1.807) is 42.5 Å². The van der Waals surface area contributed by atoms with E-state index >= 15 is 0 Å². The van der Waals surface area contributed by atoms with E-state index in [-0.39, 0.29) is 25.2 Å². The molecule has 0 radical (unpaired) electrons. The summed E-state index contributed by atoms with van der Waals surface area (Å²) >= 11 is 0. The Kier molecular flexibility index (Phi) is 5.74. The second-order valence-corrected chi connectivity index (χ2v) is 4.94. The lowest BCUT2D eigenvalue weighted by molar-refractivity contribution is -0.137. The van der Waals surface area contributed by atoms with Crippen LogP contribution < -0.4 is 9.47 Å². The first-order chi connectivity index (χ1) is 11.1. The first-order valence-electron chi connectivity index (χ1n) is 7.20. The van der Waals surface area contributed by atoms with E-state index in [1.165, 1.54) is 7.11 Å². The van der Waals surface area contributed by atoms with Crippen LogP contribution >= 0.6 is 0 Å². The van der Waals surface area contributed by atoms with Gasteiger partial charge < -0.3 is 14.6 Å². The van der Waals surface area contributed by atoms with Gasteiger partial charge in [-0.3, -0.25) is 9.59 Å². The lowest BCUT2D eigenvalue weighted by Crippen LogP contribution is -2.06. The van der Waals surface area contributed by atoms with Gasteiger partial charge >= 0.3 is 5.97 Å². The molecule has 0 aliphatic rings. The van der Waals surface area contributed by atoms with Crippen LogP contribution in [0, 0.1) is 0 Å². The number of ketones is 1. The number of Topliss-reactive ketones (excluding diaryl/α,β-unsaturated/α-hetero) is 1. The predicted molar refractivity (Wildman–Crippen MR) is 85.2 cm³/mol. The molecule has 0 fully saturated rings. The minimum Gasteiger partial charge on any atom is -0.496 e. The molecule has 0 unspecified atom stereocenters. The Balaban J connectivity index is 1.97. The molecule has 0 spiro atoms. The fourth-order valence-electron chi connectivity index (χ4n) is 2.12. The van der Waals surface area contributed by atoms with Crippen LogP contribution in [-0.2, 0) is 11.2 Å². The van der Waals surface area contributed by atoms with Gasteiger partial charge in [-0.2, -0.15) is 0 Å². The number of rotatable bonds is 8. The lowest BCUT2D eigenvalue weighted by atomic mass is 10.0. The first kappa shape index (κ1) is 16.5. The number of hydrogen-bond acceptors (Lipinski definition) is 4. The summed E-state index contributed by atoms with van der Waals surface area (Å²) in [4.78, 5) is 22.8. The minimum atomic E-state index is -0.899. The zero-order valence-corrected chi connectivity index (χ0v) is 12.8. The van der Waals surface area contributed by atoms with Crippen LogP contribution in [-0.4, -0.2) is 30.6 Å². The third-order valence-corrected chi connectivity index (χ3v) is 3.28. The number of hydrogen-bond donors (Lipinski definition) is 1. The molecule has 0 aliphatic heterocycles. The maximum Gasteiger partial charge on any atom is 0.306 e. The average Bonchev–Trinajstić information content (AvgIpc) is 2.56. The van der Waals surface area contributed by atoms with Gasteiger partial charge in [-0.15, -0.1) is 0 Å². The van der Waals surface area contributed by atoms with Crippen molar-refractivity contribution in [2.24, 2.45) is 0 Å². The van der Waals surface area contributed by atoms with Gasteiger partial charge in [-0.1, -0.05) is 24.3 Å². The molecule has 0 saturated heterocycles. The smallest absolute Gasteiger partial charge is 0.306 e. The number of methoxy groups -OCH3 is 1. The normalized spacial score (nSPS) is 10.1. The maximum atomic E-state index is 12.3. The number of ether oxygens (including phenoxy) is 2. The average molecular weight is 314 g/mol. The molecule has 0 aliphatic carbocycles. The van der Waals surface area contributed by atoms with Crippen molar-refractivity contribution in [3.05, 3.63) is 59.7 Å². The molecule has 2 aromatic carbocycles. The third-order valence-electron chi connectivity index (χ3n) is 3.28. The lowest BCUT2D eigenvalue weighted by Gasteiger charge is -2.08. The fraction of sp³-hybridized carbons (Fsp3) is 0.222. The topological polar surface area (TPSA) is 72.8 Å². The molecule has 0 heterocycles. The highest BCUT2D eigenvalue weighted by atomic mass is 16.5. The van der Waals surface area contributed by atoms with Crippen molar-refractivity contribution in [3.63, 3.8) is 0 Å². The van der Waals surface area contributed by atoms with E-state index in [2.05, 4.69) is 0 Å². The van der Waals surface area contributed by atoms with Crippen LogP contribution in [0.4, 0.5) is 0 Å². The molecule has 120 valence electrons. The van der Waals surface area contributed by atoms with Gasteiger partial charge in [0.05, 0.1) is 25.7 Å². The van der Waals surface area contributed by atoms with Crippen molar-refractivity contribution >= 4 is 11.8 Å². The van der Waals surface area contributed by atoms with Crippen LogP contribution in [0.2, 0.25) is 0 Å². The van der Waals surface area contributed by atoms with E-state index < -0.39 is 5.97 Å². The molecule has 0 aromatic heterocycles. The van der Waals surface area contributed by atoms with Crippen molar-refractivity contribution in [2.75, 3.05) is 13.7 Å². The zero-order valence-electron chi connectivity index (χ0n) is 12.8. The summed E-state index contributed by atoms with van der Waals surface area (Å²) in [5.74, 6) is 0.219. The Morgan fingerprint density at radius 1 is 1.04 bits per heavy atom. The second kappa shape index (κ2) is 7.98. The van der Waals surface area contributed by atoms with Crippen molar-refractivity contribution in [3.8, 4) is 11.5 Å². The highest BCUT2D eigenvalue weighted by Gasteiger charge is 2.12. The largest absolute Gasteiger partial charge is 0.496 e. The number of benzene rings is 2.